The van der Waals surface area contributed by atoms with Gasteiger partial charge >= 0.3 is 5.97 Å². The van der Waals surface area contributed by atoms with Gasteiger partial charge in [0.05, 0.1) is 6.42 Å². The van der Waals surface area contributed by atoms with Crippen LogP contribution in [0.25, 0.3) is 5.57 Å². The summed E-state index contributed by atoms with van der Waals surface area (Å²) in [5.74, 6) is -0.760. The molecule has 0 atom stereocenters. The second kappa shape index (κ2) is 4.13. The Hall–Kier alpha value is -1.83. The van der Waals surface area contributed by atoms with Crippen molar-refractivity contribution in [3.8, 4) is 0 Å². The number of benzene rings is 1. The molecule has 0 saturated heterocycles. The minimum absolute atomic E-state index is 0.146. The Bertz CT molecular complexity index is 427. The Kier molecular flexibility index (Phi) is 2.68. The zero-order chi connectivity index (χ0) is 10.7. The van der Waals surface area contributed by atoms with Crippen molar-refractivity contribution >= 4 is 11.5 Å². The number of rotatable bonds is 3. The van der Waals surface area contributed by atoms with Gasteiger partial charge in [0.15, 0.2) is 0 Å². The molecule has 15 heavy (non-hydrogen) atoms. The van der Waals surface area contributed by atoms with Crippen molar-refractivity contribution in [2.45, 2.75) is 12.8 Å². The third kappa shape index (κ3) is 2.34. The van der Waals surface area contributed by atoms with E-state index in [2.05, 4.69) is 0 Å². The lowest BCUT2D eigenvalue weighted by atomic mass is 10.0. The van der Waals surface area contributed by atoms with Gasteiger partial charge in [-0.25, -0.2) is 0 Å². The van der Waals surface area contributed by atoms with Gasteiger partial charge in [-0.1, -0.05) is 48.1 Å². The molecule has 0 unspecified atom stereocenters. The van der Waals surface area contributed by atoms with Crippen molar-refractivity contribution in [3.05, 3.63) is 53.6 Å². The maximum atomic E-state index is 10.5. The highest BCUT2D eigenvalue weighted by Crippen LogP contribution is 2.29. The largest absolute Gasteiger partial charge is 0.481 e. The number of hydrogen-bond acceptors (Lipinski definition) is 1. The third-order valence-electron chi connectivity index (χ3n) is 2.46. The lowest BCUT2D eigenvalue weighted by Crippen LogP contribution is -1.96. The highest BCUT2D eigenvalue weighted by atomic mass is 16.4. The van der Waals surface area contributed by atoms with Crippen molar-refractivity contribution in [1.29, 1.82) is 0 Å². The zero-order valence-electron chi connectivity index (χ0n) is 8.31. The first kappa shape index (κ1) is 9.71. The average Bonchev–Trinajstić information content (AvgIpc) is 2.67. The van der Waals surface area contributed by atoms with Gasteiger partial charge in [-0.2, -0.15) is 0 Å². The quantitative estimate of drug-likeness (QED) is 0.814. The molecule has 2 nitrogen and oxygen atoms in total. The number of hydrogen-bond donors (Lipinski definition) is 1. The molecule has 0 radical (unpaired) electrons. The van der Waals surface area contributed by atoms with E-state index in [1.165, 1.54) is 11.1 Å². The van der Waals surface area contributed by atoms with Crippen molar-refractivity contribution in [1.82, 2.24) is 0 Å². The fraction of sp³-hybridized carbons (Fsp3) is 0.154. The summed E-state index contributed by atoms with van der Waals surface area (Å²) in [6.45, 7) is 0. The molecule has 0 fully saturated rings. The smallest absolute Gasteiger partial charge is 0.307 e. The fourth-order valence-corrected chi connectivity index (χ4v) is 1.75. The third-order valence-corrected chi connectivity index (χ3v) is 2.46. The summed E-state index contributed by atoms with van der Waals surface area (Å²) in [4.78, 5) is 10.5. The van der Waals surface area contributed by atoms with Crippen LogP contribution in [0.5, 0.6) is 0 Å². The number of aliphatic carboxylic acids is 1. The van der Waals surface area contributed by atoms with Gasteiger partial charge in [0.25, 0.3) is 0 Å². The minimum atomic E-state index is -0.760. The number of carboxylic acid groups (broad SMARTS) is 1. The Morgan fingerprint density at radius 2 is 1.93 bits per heavy atom. The minimum Gasteiger partial charge on any atom is -0.481 e. The van der Waals surface area contributed by atoms with E-state index in [0.29, 0.717) is 0 Å². The van der Waals surface area contributed by atoms with Crippen LogP contribution in [0.1, 0.15) is 18.4 Å². The van der Waals surface area contributed by atoms with Crippen LogP contribution < -0.4 is 0 Å². The summed E-state index contributed by atoms with van der Waals surface area (Å²) >= 11 is 0. The summed E-state index contributed by atoms with van der Waals surface area (Å²) in [6.07, 6.45) is 4.83. The molecule has 1 aliphatic rings. The van der Waals surface area contributed by atoms with E-state index in [0.717, 1.165) is 12.0 Å². The lowest BCUT2D eigenvalue weighted by molar-refractivity contribution is -0.136. The van der Waals surface area contributed by atoms with Crippen molar-refractivity contribution < 1.29 is 9.90 Å². The first-order valence-corrected chi connectivity index (χ1v) is 4.91. The SMILES string of the molecule is O=C(O)CC1=CC=C(c2ccccc2)C1. The molecule has 0 aromatic heterocycles. The Morgan fingerprint density at radius 3 is 2.60 bits per heavy atom. The van der Waals surface area contributed by atoms with Gasteiger partial charge in [-0.3, -0.25) is 4.79 Å². The van der Waals surface area contributed by atoms with E-state index < -0.39 is 5.97 Å². The molecule has 1 aromatic carbocycles. The van der Waals surface area contributed by atoms with Gasteiger partial charge in [0, 0.05) is 0 Å². The Labute approximate surface area is 88.6 Å². The second-order valence-electron chi connectivity index (χ2n) is 3.63. The van der Waals surface area contributed by atoms with Gasteiger partial charge in [0.1, 0.15) is 0 Å². The monoisotopic (exact) mass is 200 g/mol. The van der Waals surface area contributed by atoms with Crippen molar-refractivity contribution in [2.75, 3.05) is 0 Å². The summed E-state index contributed by atoms with van der Waals surface area (Å²) in [7, 11) is 0. The standard InChI is InChI=1S/C13H12O2/c14-13(15)9-10-6-7-12(8-10)11-4-2-1-3-5-11/h1-7H,8-9H2,(H,14,15). The van der Waals surface area contributed by atoms with Gasteiger partial charge in [-0.05, 0) is 17.6 Å². The zero-order valence-corrected chi connectivity index (χ0v) is 8.31. The predicted octanol–water partition coefficient (Wildman–Crippen LogP) is 2.87. The summed E-state index contributed by atoms with van der Waals surface area (Å²) in [5.41, 5.74) is 3.35. The average molecular weight is 200 g/mol. The molecule has 0 bridgehead atoms. The summed E-state index contributed by atoms with van der Waals surface area (Å²) in [5, 5.41) is 8.67. The molecule has 2 heteroatoms. The van der Waals surface area contributed by atoms with Gasteiger partial charge in [0.2, 0.25) is 0 Å². The lowest BCUT2D eigenvalue weighted by Gasteiger charge is -2.03. The van der Waals surface area contributed by atoms with Crippen LogP contribution in [0.4, 0.5) is 0 Å². The van der Waals surface area contributed by atoms with E-state index in [-0.39, 0.29) is 6.42 Å². The second-order valence-corrected chi connectivity index (χ2v) is 3.63. The molecule has 76 valence electrons. The van der Waals surface area contributed by atoms with E-state index in [1.807, 2.05) is 42.5 Å². The number of allylic oxidation sites excluding steroid dienone is 3. The molecule has 1 aliphatic carbocycles. The molecule has 0 amide bonds. The highest BCUT2D eigenvalue weighted by molar-refractivity contribution is 5.77. The Morgan fingerprint density at radius 1 is 1.20 bits per heavy atom. The molecule has 2 rings (SSSR count). The van der Waals surface area contributed by atoms with Gasteiger partial charge in [-0.15, -0.1) is 0 Å². The molecule has 0 saturated carbocycles. The Balaban J connectivity index is 2.05. The van der Waals surface area contributed by atoms with E-state index in [9.17, 15) is 4.79 Å². The van der Waals surface area contributed by atoms with Crippen LogP contribution in [0.2, 0.25) is 0 Å². The van der Waals surface area contributed by atoms with Crippen molar-refractivity contribution in [3.63, 3.8) is 0 Å². The summed E-state index contributed by atoms with van der Waals surface area (Å²) < 4.78 is 0. The summed E-state index contributed by atoms with van der Waals surface area (Å²) in [6, 6.07) is 10.0. The van der Waals surface area contributed by atoms with E-state index in [1.54, 1.807) is 0 Å². The van der Waals surface area contributed by atoms with Crippen LogP contribution in [0, 0.1) is 0 Å². The highest BCUT2D eigenvalue weighted by Gasteiger charge is 2.12. The van der Waals surface area contributed by atoms with Crippen LogP contribution in [0.15, 0.2) is 48.1 Å². The van der Waals surface area contributed by atoms with E-state index >= 15 is 0 Å². The molecule has 1 aromatic rings. The molecular weight excluding hydrogens is 188 g/mol. The maximum absolute atomic E-state index is 10.5. The van der Waals surface area contributed by atoms with Gasteiger partial charge < -0.3 is 5.11 Å². The van der Waals surface area contributed by atoms with Crippen molar-refractivity contribution in [2.24, 2.45) is 0 Å². The van der Waals surface area contributed by atoms with Crippen LogP contribution in [-0.4, -0.2) is 11.1 Å². The predicted molar refractivity (Wildman–Crippen MR) is 59.4 cm³/mol. The van der Waals surface area contributed by atoms with Crippen LogP contribution >= 0.6 is 0 Å². The maximum Gasteiger partial charge on any atom is 0.307 e. The van der Waals surface area contributed by atoms with E-state index in [4.69, 9.17) is 5.11 Å². The first-order chi connectivity index (χ1) is 7.25. The topological polar surface area (TPSA) is 37.3 Å². The molecule has 0 heterocycles. The number of carboxylic acids is 1. The molecule has 0 spiro atoms. The van der Waals surface area contributed by atoms with Crippen LogP contribution in [-0.2, 0) is 4.79 Å². The first-order valence-electron chi connectivity index (χ1n) is 4.91. The number of carbonyl (C=O) groups is 1. The molecule has 0 aliphatic heterocycles. The van der Waals surface area contributed by atoms with Crippen LogP contribution in [0.3, 0.4) is 0 Å². The fourth-order valence-electron chi connectivity index (χ4n) is 1.75. The normalized spacial score (nSPS) is 14.7. The molecule has 1 N–H and O–H groups in total. The molecular formula is C13H12O2.